The van der Waals surface area contributed by atoms with Crippen molar-refractivity contribution in [3.05, 3.63) is 35.9 Å². The summed E-state index contributed by atoms with van der Waals surface area (Å²) < 4.78 is 19.1. The van der Waals surface area contributed by atoms with Crippen molar-refractivity contribution in [2.24, 2.45) is 0 Å². The van der Waals surface area contributed by atoms with Crippen LogP contribution in [0.25, 0.3) is 0 Å². The maximum Gasteiger partial charge on any atom is 0.410 e. The predicted octanol–water partition coefficient (Wildman–Crippen LogP) is 2.21. The van der Waals surface area contributed by atoms with Crippen molar-refractivity contribution in [3.63, 3.8) is 0 Å². The van der Waals surface area contributed by atoms with E-state index in [4.69, 9.17) is 9.84 Å². The molecule has 0 saturated carbocycles. The fourth-order valence-corrected chi connectivity index (χ4v) is 2.15. The van der Waals surface area contributed by atoms with Crippen LogP contribution in [0.15, 0.2) is 30.3 Å². The number of aliphatic carboxylic acids is 1. The second kappa shape index (κ2) is 5.90. The Hall–Kier alpha value is -2.11. The minimum atomic E-state index is -2.37. The van der Waals surface area contributed by atoms with Crippen LogP contribution in [0.4, 0.5) is 9.18 Å². The number of rotatable bonds is 3. The van der Waals surface area contributed by atoms with Crippen LogP contribution in [0.3, 0.4) is 0 Å². The van der Waals surface area contributed by atoms with Gasteiger partial charge in [-0.05, 0) is 18.4 Å². The Morgan fingerprint density at radius 2 is 2.05 bits per heavy atom. The summed E-state index contributed by atoms with van der Waals surface area (Å²) in [5.74, 6) is -1.53. The molecule has 1 aromatic carbocycles. The first-order valence-electron chi connectivity index (χ1n) is 6.39. The summed E-state index contributed by atoms with van der Waals surface area (Å²) in [6.45, 7) is -0.0644. The van der Waals surface area contributed by atoms with E-state index in [1.54, 1.807) is 12.1 Å². The molecular formula is C14H16FNO4. The van der Waals surface area contributed by atoms with Crippen molar-refractivity contribution < 1.29 is 23.8 Å². The van der Waals surface area contributed by atoms with E-state index >= 15 is 0 Å². The molecule has 1 saturated heterocycles. The van der Waals surface area contributed by atoms with Crippen LogP contribution in [0.2, 0.25) is 0 Å². The molecule has 1 N–H and O–H groups in total. The number of carboxylic acids is 1. The lowest BCUT2D eigenvalue weighted by atomic mass is 9.95. The van der Waals surface area contributed by atoms with Crippen LogP contribution >= 0.6 is 0 Å². The number of likely N-dealkylation sites (tertiary alicyclic amines) is 1. The largest absolute Gasteiger partial charge is 0.479 e. The number of carbonyl (C=O) groups is 2. The minimum absolute atomic E-state index is 0.0786. The molecular weight excluding hydrogens is 265 g/mol. The Labute approximate surface area is 116 Å². The SMILES string of the molecule is O=C(OCc1ccccc1)N1CCC[C@](F)(C(=O)O)C1. The topological polar surface area (TPSA) is 66.8 Å². The van der Waals surface area contributed by atoms with Gasteiger partial charge < -0.3 is 14.7 Å². The summed E-state index contributed by atoms with van der Waals surface area (Å²) in [7, 11) is 0. The number of carbonyl (C=O) groups excluding carboxylic acids is 1. The van der Waals surface area contributed by atoms with Crippen molar-refractivity contribution in [3.8, 4) is 0 Å². The first kappa shape index (κ1) is 14.3. The molecule has 1 aromatic rings. The third-order valence-corrected chi connectivity index (χ3v) is 3.29. The van der Waals surface area contributed by atoms with E-state index in [0.717, 1.165) is 10.5 Å². The zero-order valence-corrected chi connectivity index (χ0v) is 10.9. The highest BCUT2D eigenvalue weighted by Crippen LogP contribution is 2.26. The summed E-state index contributed by atoms with van der Waals surface area (Å²) >= 11 is 0. The quantitative estimate of drug-likeness (QED) is 0.922. The van der Waals surface area contributed by atoms with Gasteiger partial charge in [0.25, 0.3) is 0 Å². The van der Waals surface area contributed by atoms with Crippen molar-refractivity contribution in [2.75, 3.05) is 13.1 Å². The summed E-state index contributed by atoms with van der Waals surface area (Å²) in [6.07, 6.45) is -0.453. The second-order valence-corrected chi connectivity index (χ2v) is 4.84. The molecule has 1 aliphatic heterocycles. The number of carboxylic acid groups (broad SMARTS) is 1. The molecule has 0 aliphatic carbocycles. The maximum absolute atomic E-state index is 14.0. The second-order valence-electron chi connectivity index (χ2n) is 4.84. The van der Waals surface area contributed by atoms with E-state index in [9.17, 15) is 14.0 Å². The van der Waals surface area contributed by atoms with Crippen molar-refractivity contribution in [1.82, 2.24) is 4.90 Å². The van der Waals surface area contributed by atoms with E-state index in [1.807, 2.05) is 18.2 Å². The van der Waals surface area contributed by atoms with Gasteiger partial charge in [-0.15, -0.1) is 0 Å². The number of piperidine rings is 1. The van der Waals surface area contributed by atoms with E-state index in [2.05, 4.69) is 0 Å². The fourth-order valence-electron chi connectivity index (χ4n) is 2.15. The number of halogens is 1. The van der Waals surface area contributed by atoms with Crippen molar-refractivity contribution in [2.45, 2.75) is 25.1 Å². The van der Waals surface area contributed by atoms with Crippen LogP contribution in [-0.2, 0) is 16.1 Å². The molecule has 1 amide bonds. The van der Waals surface area contributed by atoms with Crippen molar-refractivity contribution >= 4 is 12.1 Å². The highest BCUT2D eigenvalue weighted by Gasteiger charge is 2.44. The lowest BCUT2D eigenvalue weighted by molar-refractivity contribution is -0.154. The van der Waals surface area contributed by atoms with Gasteiger partial charge in [-0.2, -0.15) is 0 Å². The van der Waals surface area contributed by atoms with Crippen LogP contribution in [0.1, 0.15) is 18.4 Å². The van der Waals surface area contributed by atoms with Gasteiger partial charge >= 0.3 is 12.1 Å². The molecule has 5 nitrogen and oxygen atoms in total. The normalized spacial score (nSPS) is 22.4. The van der Waals surface area contributed by atoms with Gasteiger partial charge in [-0.25, -0.2) is 14.0 Å². The Morgan fingerprint density at radius 3 is 2.70 bits per heavy atom. The van der Waals surface area contributed by atoms with Crippen LogP contribution in [-0.4, -0.2) is 40.8 Å². The number of nitrogens with zero attached hydrogens (tertiary/aromatic N) is 1. The molecule has 1 fully saturated rings. The number of alkyl halides is 1. The summed E-state index contributed by atoms with van der Waals surface area (Å²) in [5.41, 5.74) is -1.55. The molecule has 1 atom stereocenters. The number of amides is 1. The monoisotopic (exact) mass is 281 g/mol. The van der Waals surface area contributed by atoms with Gasteiger partial charge in [0.2, 0.25) is 5.67 Å². The van der Waals surface area contributed by atoms with Crippen LogP contribution in [0.5, 0.6) is 0 Å². The minimum Gasteiger partial charge on any atom is -0.479 e. The number of hydrogen-bond donors (Lipinski definition) is 1. The lowest BCUT2D eigenvalue weighted by Gasteiger charge is -2.33. The van der Waals surface area contributed by atoms with Gasteiger partial charge in [0, 0.05) is 6.54 Å². The third-order valence-electron chi connectivity index (χ3n) is 3.29. The molecule has 0 radical (unpaired) electrons. The smallest absolute Gasteiger partial charge is 0.410 e. The van der Waals surface area contributed by atoms with Crippen molar-refractivity contribution in [1.29, 1.82) is 0 Å². The third kappa shape index (κ3) is 3.26. The van der Waals surface area contributed by atoms with Gasteiger partial charge in [0.05, 0.1) is 6.54 Å². The van der Waals surface area contributed by atoms with Gasteiger partial charge in [0.15, 0.2) is 0 Å². The molecule has 20 heavy (non-hydrogen) atoms. The summed E-state index contributed by atoms with van der Waals surface area (Å²) in [4.78, 5) is 23.8. The number of ether oxygens (including phenoxy) is 1. The Morgan fingerprint density at radius 1 is 1.35 bits per heavy atom. The predicted molar refractivity (Wildman–Crippen MR) is 68.9 cm³/mol. The zero-order valence-electron chi connectivity index (χ0n) is 10.9. The average molecular weight is 281 g/mol. The van der Waals surface area contributed by atoms with Crippen LogP contribution < -0.4 is 0 Å². The number of benzene rings is 1. The molecule has 6 heteroatoms. The molecule has 108 valence electrons. The lowest BCUT2D eigenvalue weighted by Crippen LogP contribution is -2.52. The Bertz CT molecular complexity index is 493. The Kier molecular flexibility index (Phi) is 4.22. The van der Waals surface area contributed by atoms with E-state index < -0.39 is 24.3 Å². The number of hydrogen-bond acceptors (Lipinski definition) is 3. The molecule has 1 heterocycles. The van der Waals surface area contributed by atoms with E-state index in [1.165, 1.54) is 0 Å². The molecule has 1 aliphatic rings. The molecule has 0 aromatic heterocycles. The highest BCUT2D eigenvalue weighted by molar-refractivity contribution is 5.79. The first-order chi connectivity index (χ1) is 9.51. The fraction of sp³-hybridized carbons (Fsp3) is 0.429. The van der Waals surface area contributed by atoms with Gasteiger partial charge in [-0.3, -0.25) is 0 Å². The average Bonchev–Trinajstić information content (AvgIpc) is 2.46. The summed E-state index contributed by atoms with van der Waals surface area (Å²) in [5, 5.41) is 8.85. The molecule has 0 bridgehead atoms. The van der Waals surface area contributed by atoms with E-state index in [0.29, 0.717) is 13.0 Å². The standard InChI is InChI=1S/C14H16FNO4/c15-14(12(17)18)7-4-8-16(10-14)13(19)20-9-11-5-2-1-3-6-11/h1-3,5-6H,4,7-10H2,(H,17,18)/t14-/m1/s1. The van der Waals surface area contributed by atoms with Crippen LogP contribution in [0, 0.1) is 0 Å². The zero-order chi connectivity index (χ0) is 14.6. The van der Waals surface area contributed by atoms with Gasteiger partial charge in [0.1, 0.15) is 6.61 Å². The van der Waals surface area contributed by atoms with E-state index in [-0.39, 0.29) is 13.0 Å². The van der Waals surface area contributed by atoms with Gasteiger partial charge in [-0.1, -0.05) is 30.3 Å². The molecule has 0 unspecified atom stereocenters. The molecule has 2 rings (SSSR count). The Balaban J connectivity index is 1.91. The summed E-state index contributed by atoms with van der Waals surface area (Å²) in [6, 6.07) is 9.10. The highest BCUT2D eigenvalue weighted by atomic mass is 19.1. The molecule has 0 spiro atoms. The maximum atomic E-state index is 14.0. The first-order valence-corrected chi connectivity index (χ1v) is 6.39.